The summed E-state index contributed by atoms with van der Waals surface area (Å²) >= 11 is 0. The number of hydrogen-bond donors (Lipinski definition) is 2. The van der Waals surface area contributed by atoms with Crippen LogP contribution in [0.2, 0.25) is 0 Å². The Kier molecular flexibility index (Phi) is 7.25. The van der Waals surface area contributed by atoms with Crippen LogP contribution >= 0.6 is 0 Å². The Morgan fingerprint density at radius 1 is 0.935 bits per heavy atom. The summed E-state index contributed by atoms with van der Waals surface area (Å²) in [5.74, 6) is 0.0777. The summed E-state index contributed by atoms with van der Waals surface area (Å²) in [6.45, 7) is 2.73. The van der Waals surface area contributed by atoms with Crippen LogP contribution in [0.4, 0.5) is 10.1 Å². The van der Waals surface area contributed by atoms with E-state index in [1.54, 1.807) is 24.3 Å². The van der Waals surface area contributed by atoms with Gasteiger partial charge < -0.3 is 10.1 Å². The summed E-state index contributed by atoms with van der Waals surface area (Å²) < 4.78 is 45.6. The number of ether oxygens (including phenoxy) is 1. The van der Waals surface area contributed by atoms with Crippen molar-refractivity contribution in [3.05, 3.63) is 89.7 Å². The quantitative estimate of drug-likeness (QED) is 0.495. The van der Waals surface area contributed by atoms with E-state index in [9.17, 15) is 17.6 Å². The Labute approximate surface area is 181 Å². The van der Waals surface area contributed by atoms with Crippen LogP contribution in [0, 0.1) is 12.7 Å². The lowest BCUT2D eigenvalue weighted by Crippen LogP contribution is -2.29. The predicted octanol–water partition coefficient (Wildman–Crippen LogP) is 3.67. The minimum absolute atomic E-state index is 0.0368. The molecule has 0 atom stereocenters. The molecule has 0 saturated carbocycles. The minimum atomic E-state index is -3.82. The molecular formula is C23H23FN2O4S. The van der Waals surface area contributed by atoms with E-state index in [2.05, 4.69) is 10.0 Å². The Balaban J connectivity index is 1.45. The van der Waals surface area contributed by atoms with Crippen molar-refractivity contribution in [3.63, 3.8) is 0 Å². The lowest BCUT2D eigenvalue weighted by molar-refractivity contribution is -0.120. The summed E-state index contributed by atoms with van der Waals surface area (Å²) in [5, 5.41) is 2.79. The van der Waals surface area contributed by atoms with Crippen molar-refractivity contribution in [1.82, 2.24) is 5.32 Å². The second-order valence-corrected chi connectivity index (χ2v) is 8.63. The van der Waals surface area contributed by atoms with Crippen LogP contribution < -0.4 is 14.8 Å². The van der Waals surface area contributed by atoms with E-state index in [-0.39, 0.29) is 17.2 Å². The maximum absolute atomic E-state index is 13.0. The van der Waals surface area contributed by atoms with Crippen LogP contribution in [0.1, 0.15) is 11.1 Å². The number of halogens is 1. The summed E-state index contributed by atoms with van der Waals surface area (Å²) in [5.41, 5.74) is 2.23. The number of rotatable bonds is 9. The van der Waals surface area contributed by atoms with Crippen molar-refractivity contribution >= 4 is 21.6 Å². The molecule has 0 spiro atoms. The number of amides is 1. The highest BCUT2D eigenvalue weighted by molar-refractivity contribution is 7.92. The first-order chi connectivity index (χ1) is 14.8. The summed E-state index contributed by atoms with van der Waals surface area (Å²) in [4.78, 5) is 12.0. The Hall–Kier alpha value is -3.39. The summed E-state index contributed by atoms with van der Waals surface area (Å²) in [6, 6.07) is 18.7. The molecule has 0 aliphatic carbocycles. The molecule has 3 aromatic rings. The van der Waals surface area contributed by atoms with Gasteiger partial charge in [-0.15, -0.1) is 0 Å². The van der Waals surface area contributed by atoms with Crippen molar-refractivity contribution < 1.29 is 22.3 Å². The third-order valence-corrected chi connectivity index (χ3v) is 5.81. The Morgan fingerprint density at radius 3 is 2.23 bits per heavy atom. The maximum atomic E-state index is 13.0. The van der Waals surface area contributed by atoms with Crippen LogP contribution in [-0.2, 0) is 21.2 Å². The lowest BCUT2D eigenvalue weighted by atomic mass is 10.1. The molecule has 1 amide bonds. The number of anilines is 1. The zero-order chi connectivity index (χ0) is 22.3. The standard InChI is InChI=1S/C23H23FN2O4S/c1-17-2-10-21(11-3-17)30-15-14-25-23(27)16-18-4-8-20(9-5-18)26-31(28,29)22-12-6-19(24)7-13-22/h2-13,26H,14-16H2,1H3,(H,25,27). The molecule has 0 saturated heterocycles. The second-order valence-electron chi connectivity index (χ2n) is 6.94. The first-order valence-electron chi connectivity index (χ1n) is 9.65. The number of carbonyl (C=O) groups is 1. The van der Waals surface area contributed by atoms with Gasteiger partial charge in [-0.25, -0.2) is 12.8 Å². The van der Waals surface area contributed by atoms with Gasteiger partial charge in [0, 0.05) is 5.69 Å². The molecule has 0 unspecified atom stereocenters. The van der Waals surface area contributed by atoms with Crippen molar-refractivity contribution in [2.45, 2.75) is 18.2 Å². The third kappa shape index (κ3) is 6.82. The highest BCUT2D eigenvalue weighted by Gasteiger charge is 2.14. The van der Waals surface area contributed by atoms with Crippen LogP contribution in [0.5, 0.6) is 5.75 Å². The molecule has 0 fully saturated rings. The number of sulfonamides is 1. The SMILES string of the molecule is Cc1ccc(OCCNC(=O)Cc2ccc(NS(=O)(=O)c3ccc(F)cc3)cc2)cc1. The smallest absolute Gasteiger partial charge is 0.261 e. The van der Waals surface area contributed by atoms with Crippen molar-refractivity contribution in [2.75, 3.05) is 17.9 Å². The number of aryl methyl sites for hydroxylation is 1. The fraction of sp³-hybridized carbons (Fsp3) is 0.174. The van der Waals surface area contributed by atoms with Crippen LogP contribution in [0.3, 0.4) is 0 Å². The highest BCUT2D eigenvalue weighted by Crippen LogP contribution is 2.17. The van der Waals surface area contributed by atoms with Gasteiger partial charge in [0.1, 0.15) is 18.2 Å². The van der Waals surface area contributed by atoms with Crippen molar-refractivity contribution in [1.29, 1.82) is 0 Å². The fourth-order valence-corrected chi connectivity index (χ4v) is 3.82. The van der Waals surface area contributed by atoms with Crippen LogP contribution in [0.25, 0.3) is 0 Å². The Bertz CT molecular complexity index is 1110. The molecule has 8 heteroatoms. The molecule has 0 bridgehead atoms. The zero-order valence-electron chi connectivity index (χ0n) is 17.0. The molecule has 0 heterocycles. The van der Waals surface area contributed by atoms with Crippen LogP contribution in [-0.4, -0.2) is 27.5 Å². The van der Waals surface area contributed by atoms with Gasteiger partial charge in [-0.3, -0.25) is 9.52 Å². The number of benzene rings is 3. The van der Waals surface area contributed by atoms with E-state index in [0.717, 1.165) is 29.0 Å². The highest BCUT2D eigenvalue weighted by atomic mass is 32.2. The zero-order valence-corrected chi connectivity index (χ0v) is 17.8. The molecule has 6 nitrogen and oxygen atoms in total. The molecule has 162 valence electrons. The molecule has 0 aliphatic heterocycles. The minimum Gasteiger partial charge on any atom is -0.492 e. The first-order valence-corrected chi connectivity index (χ1v) is 11.1. The maximum Gasteiger partial charge on any atom is 0.261 e. The molecule has 31 heavy (non-hydrogen) atoms. The molecule has 0 aliphatic rings. The van der Waals surface area contributed by atoms with E-state index in [4.69, 9.17) is 4.74 Å². The monoisotopic (exact) mass is 442 g/mol. The van der Waals surface area contributed by atoms with Gasteiger partial charge in [0.2, 0.25) is 5.91 Å². The molecule has 0 aromatic heterocycles. The van der Waals surface area contributed by atoms with Gasteiger partial charge in [-0.05, 0) is 61.0 Å². The summed E-state index contributed by atoms with van der Waals surface area (Å²) in [6.07, 6.45) is 0.162. The second kappa shape index (κ2) is 10.1. The van der Waals surface area contributed by atoms with E-state index < -0.39 is 15.8 Å². The Morgan fingerprint density at radius 2 is 1.58 bits per heavy atom. The van der Waals surface area contributed by atoms with Crippen molar-refractivity contribution in [2.24, 2.45) is 0 Å². The number of carbonyl (C=O) groups excluding carboxylic acids is 1. The normalized spacial score (nSPS) is 11.0. The van der Waals surface area contributed by atoms with Gasteiger partial charge in [0.05, 0.1) is 17.9 Å². The predicted molar refractivity (Wildman–Crippen MR) is 117 cm³/mol. The average Bonchev–Trinajstić information content (AvgIpc) is 2.74. The number of nitrogens with one attached hydrogen (secondary N) is 2. The van der Waals surface area contributed by atoms with Gasteiger partial charge in [-0.2, -0.15) is 0 Å². The van der Waals surface area contributed by atoms with E-state index in [1.807, 2.05) is 31.2 Å². The van der Waals surface area contributed by atoms with Gasteiger partial charge in [0.15, 0.2) is 0 Å². The molecule has 3 aromatic carbocycles. The lowest BCUT2D eigenvalue weighted by Gasteiger charge is -2.10. The van der Waals surface area contributed by atoms with E-state index in [0.29, 0.717) is 18.8 Å². The molecular weight excluding hydrogens is 419 g/mol. The van der Waals surface area contributed by atoms with E-state index in [1.165, 1.54) is 12.1 Å². The number of hydrogen-bond acceptors (Lipinski definition) is 4. The van der Waals surface area contributed by atoms with Gasteiger partial charge in [-0.1, -0.05) is 29.8 Å². The van der Waals surface area contributed by atoms with E-state index >= 15 is 0 Å². The van der Waals surface area contributed by atoms with Crippen molar-refractivity contribution in [3.8, 4) is 5.75 Å². The topological polar surface area (TPSA) is 84.5 Å². The van der Waals surface area contributed by atoms with Crippen LogP contribution in [0.15, 0.2) is 77.7 Å². The third-order valence-electron chi connectivity index (χ3n) is 4.41. The first kappa shape index (κ1) is 22.3. The fourth-order valence-electron chi connectivity index (χ4n) is 2.76. The largest absolute Gasteiger partial charge is 0.492 e. The summed E-state index contributed by atoms with van der Waals surface area (Å²) in [7, 11) is -3.82. The van der Waals surface area contributed by atoms with Gasteiger partial charge >= 0.3 is 0 Å². The molecule has 2 N–H and O–H groups in total. The van der Waals surface area contributed by atoms with Gasteiger partial charge in [0.25, 0.3) is 10.0 Å². The molecule has 3 rings (SSSR count). The average molecular weight is 443 g/mol. The molecule has 0 radical (unpaired) electrons.